The molecule has 0 aliphatic carbocycles. The van der Waals surface area contributed by atoms with Crippen LogP contribution in [0, 0.1) is 13.8 Å². The first-order valence-corrected chi connectivity index (χ1v) is 9.66. The second-order valence-electron chi connectivity index (χ2n) is 6.66. The highest BCUT2D eigenvalue weighted by Gasteiger charge is 2.24. The fraction of sp³-hybridized carbons (Fsp3) is 0.474. The van der Waals surface area contributed by atoms with E-state index in [1.165, 1.54) is 18.4 Å². The van der Waals surface area contributed by atoms with Crippen molar-refractivity contribution < 1.29 is 4.79 Å². The van der Waals surface area contributed by atoms with Crippen LogP contribution < -0.4 is 10.2 Å². The summed E-state index contributed by atoms with van der Waals surface area (Å²) in [4.78, 5) is 16.1. The molecule has 2 heterocycles. The van der Waals surface area contributed by atoms with Crippen LogP contribution in [0.5, 0.6) is 0 Å². The predicted molar refractivity (Wildman–Crippen MR) is 105 cm³/mol. The first-order valence-electron chi connectivity index (χ1n) is 8.78. The number of nitrogens with one attached hydrogen (secondary N) is 1. The number of hydrogen-bond donors (Lipinski definition) is 1. The van der Waals surface area contributed by atoms with Crippen molar-refractivity contribution in [3.8, 4) is 0 Å². The minimum atomic E-state index is -0.172. The maximum Gasteiger partial charge on any atom is 0.237 e. The van der Waals surface area contributed by atoms with E-state index in [0.29, 0.717) is 0 Å². The lowest BCUT2D eigenvalue weighted by Crippen LogP contribution is -2.25. The lowest BCUT2D eigenvalue weighted by molar-refractivity contribution is -0.115. The summed E-state index contributed by atoms with van der Waals surface area (Å²) >= 11 is 1.58. The highest BCUT2D eigenvalue weighted by Crippen LogP contribution is 2.32. The number of carbonyl (C=O) groups excluding carboxylic acids is 1. The number of hydrogen-bond acceptors (Lipinski definition) is 4. The summed E-state index contributed by atoms with van der Waals surface area (Å²) in [5.41, 5.74) is 3.07. The van der Waals surface area contributed by atoms with Crippen molar-refractivity contribution in [1.29, 1.82) is 0 Å². The molecule has 3 rings (SSSR count). The molecule has 1 saturated heterocycles. The Morgan fingerprint density at radius 2 is 1.84 bits per heavy atom. The quantitative estimate of drug-likeness (QED) is 0.827. The molecule has 1 fully saturated rings. The van der Waals surface area contributed by atoms with Gasteiger partial charge in [-0.2, -0.15) is 5.10 Å². The van der Waals surface area contributed by atoms with Crippen LogP contribution in [0.1, 0.15) is 31.0 Å². The van der Waals surface area contributed by atoms with Gasteiger partial charge in [0.25, 0.3) is 0 Å². The molecule has 0 bridgehead atoms. The van der Waals surface area contributed by atoms with Crippen molar-refractivity contribution in [3.05, 3.63) is 35.5 Å². The maximum atomic E-state index is 12.7. The molecule has 1 aromatic carbocycles. The lowest BCUT2D eigenvalue weighted by atomic mass is 10.2. The standard InChI is InChI=1S/C19H26N4OS/c1-13-7-9-16(10-8-13)25-15(3)19(24)20-17-14(2)22(4)21-18(17)23-11-5-6-12-23/h7-10,15H,5-6,11-12H2,1-4H3,(H,20,24). The van der Waals surface area contributed by atoms with Crippen molar-refractivity contribution in [2.75, 3.05) is 23.3 Å². The Kier molecular flexibility index (Phi) is 5.37. The molecule has 1 aliphatic rings. The normalized spacial score (nSPS) is 15.4. The van der Waals surface area contributed by atoms with Crippen LogP contribution in [0.2, 0.25) is 0 Å². The lowest BCUT2D eigenvalue weighted by Gasteiger charge is -2.18. The molecule has 1 aliphatic heterocycles. The van der Waals surface area contributed by atoms with Crippen LogP contribution in [0.4, 0.5) is 11.5 Å². The number of thioether (sulfide) groups is 1. The predicted octanol–water partition coefficient (Wildman–Crippen LogP) is 3.76. The van der Waals surface area contributed by atoms with Gasteiger partial charge in [-0.15, -0.1) is 11.8 Å². The van der Waals surface area contributed by atoms with Crippen molar-refractivity contribution >= 4 is 29.2 Å². The summed E-state index contributed by atoms with van der Waals surface area (Å²) < 4.78 is 1.85. The van der Waals surface area contributed by atoms with Gasteiger partial charge >= 0.3 is 0 Å². The monoisotopic (exact) mass is 358 g/mol. The zero-order chi connectivity index (χ0) is 18.0. The third kappa shape index (κ3) is 4.00. The second kappa shape index (κ2) is 7.52. The average Bonchev–Trinajstić information content (AvgIpc) is 3.21. The number of aromatic nitrogens is 2. The van der Waals surface area contributed by atoms with Gasteiger partial charge in [-0.05, 0) is 45.7 Å². The summed E-state index contributed by atoms with van der Waals surface area (Å²) in [6.07, 6.45) is 2.37. The smallest absolute Gasteiger partial charge is 0.237 e. The number of nitrogens with zero attached hydrogens (tertiary/aromatic N) is 3. The number of anilines is 2. The topological polar surface area (TPSA) is 50.2 Å². The van der Waals surface area contributed by atoms with E-state index in [9.17, 15) is 4.79 Å². The van der Waals surface area contributed by atoms with Gasteiger partial charge in [0, 0.05) is 25.0 Å². The second-order valence-corrected chi connectivity index (χ2v) is 8.08. The summed E-state index contributed by atoms with van der Waals surface area (Å²) in [6, 6.07) is 8.27. The van der Waals surface area contributed by atoms with Gasteiger partial charge in [0.2, 0.25) is 5.91 Å². The molecule has 134 valence electrons. The Morgan fingerprint density at radius 1 is 1.20 bits per heavy atom. The van der Waals surface area contributed by atoms with Crippen molar-refractivity contribution in [1.82, 2.24) is 9.78 Å². The zero-order valence-corrected chi connectivity index (χ0v) is 16.2. The zero-order valence-electron chi connectivity index (χ0n) is 15.4. The molecule has 5 nitrogen and oxygen atoms in total. The summed E-state index contributed by atoms with van der Waals surface area (Å²) in [6.45, 7) is 8.02. The molecule has 1 N–H and O–H groups in total. The summed E-state index contributed by atoms with van der Waals surface area (Å²) in [5, 5.41) is 7.57. The third-order valence-electron chi connectivity index (χ3n) is 4.67. The largest absolute Gasteiger partial charge is 0.353 e. The minimum Gasteiger partial charge on any atom is -0.353 e. The van der Waals surface area contributed by atoms with E-state index in [4.69, 9.17) is 0 Å². The van der Waals surface area contributed by atoms with Gasteiger partial charge in [-0.25, -0.2) is 0 Å². The molecule has 6 heteroatoms. The molecule has 0 radical (unpaired) electrons. The SMILES string of the molecule is Cc1ccc(SC(C)C(=O)Nc2c(N3CCCC3)nn(C)c2C)cc1. The van der Waals surface area contributed by atoms with E-state index in [-0.39, 0.29) is 11.2 Å². The van der Waals surface area contributed by atoms with E-state index in [1.54, 1.807) is 11.8 Å². The summed E-state index contributed by atoms with van der Waals surface area (Å²) in [5.74, 6) is 0.917. The van der Waals surface area contributed by atoms with Crippen LogP contribution in [0.3, 0.4) is 0 Å². The van der Waals surface area contributed by atoms with Crippen LogP contribution >= 0.6 is 11.8 Å². The molecule has 0 saturated carbocycles. The van der Waals surface area contributed by atoms with Crippen molar-refractivity contribution in [2.45, 2.75) is 43.8 Å². The van der Waals surface area contributed by atoms with Crippen LogP contribution in [0.25, 0.3) is 0 Å². The highest BCUT2D eigenvalue weighted by molar-refractivity contribution is 8.00. The first kappa shape index (κ1) is 17.9. The van der Waals surface area contributed by atoms with Gasteiger partial charge in [-0.3, -0.25) is 9.48 Å². The van der Waals surface area contributed by atoms with E-state index in [0.717, 1.165) is 35.2 Å². The minimum absolute atomic E-state index is 0.0159. The van der Waals surface area contributed by atoms with Gasteiger partial charge in [0.05, 0.1) is 10.9 Å². The fourth-order valence-electron chi connectivity index (χ4n) is 2.99. The van der Waals surface area contributed by atoms with E-state index >= 15 is 0 Å². The molecule has 1 amide bonds. The van der Waals surface area contributed by atoms with Gasteiger partial charge in [-0.1, -0.05) is 17.7 Å². The summed E-state index contributed by atoms with van der Waals surface area (Å²) in [7, 11) is 1.93. The molecule has 0 spiro atoms. The van der Waals surface area contributed by atoms with Crippen LogP contribution in [-0.2, 0) is 11.8 Å². The highest BCUT2D eigenvalue weighted by atomic mass is 32.2. The van der Waals surface area contributed by atoms with Crippen molar-refractivity contribution in [2.24, 2.45) is 7.05 Å². The van der Waals surface area contributed by atoms with E-state index in [1.807, 2.05) is 25.6 Å². The van der Waals surface area contributed by atoms with Crippen LogP contribution in [-0.4, -0.2) is 34.0 Å². The fourth-order valence-corrected chi connectivity index (χ4v) is 3.85. The molecule has 1 atom stereocenters. The van der Waals surface area contributed by atoms with Gasteiger partial charge < -0.3 is 10.2 Å². The Labute approximate surface area is 153 Å². The van der Waals surface area contributed by atoms with E-state index in [2.05, 4.69) is 46.5 Å². The third-order valence-corrected chi connectivity index (χ3v) is 5.78. The average molecular weight is 359 g/mol. The Hall–Kier alpha value is -1.95. The van der Waals surface area contributed by atoms with E-state index < -0.39 is 0 Å². The number of benzene rings is 1. The Morgan fingerprint density at radius 3 is 2.48 bits per heavy atom. The molecular weight excluding hydrogens is 332 g/mol. The number of aryl methyl sites for hydroxylation is 2. The van der Waals surface area contributed by atoms with Gasteiger partial charge in [0.1, 0.15) is 5.69 Å². The van der Waals surface area contributed by atoms with Crippen LogP contribution in [0.15, 0.2) is 29.2 Å². The molecule has 1 aromatic heterocycles. The van der Waals surface area contributed by atoms with Crippen molar-refractivity contribution in [3.63, 3.8) is 0 Å². The Balaban J connectivity index is 1.72. The number of carbonyl (C=O) groups is 1. The molecule has 25 heavy (non-hydrogen) atoms. The number of amides is 1. The molecular formula is C19H26N4OS. The molecule has 1 unspecified atom stereocenters. The number of rotatable bonds is 5. The van der Waals surface area contributed by atoms with Gasteiger partial charge in [0.15, 0.2) is 5.82 Å². The Bertz CT molecular complexity index is 748. The molecule has 2 aromatic rings. The maximum absolute atomic E-state index is 12.7. The first-order chi connectivity index (χ1) is 12.0.